The lowest BCUT2D eigenvalue weighted by atomic mass is 9.68. The van der Waals surface area contributed by atoms with Gasteiger partial charge < -0.3 is 4.74 Å². The van der Waals surface area contributed by atoms with Crippen molar-refractivity contribution < 1.29 is 31.1 Å². The minimum atomic E-state index is -5.38. The topological polar surface area (TPSA) is 9.23 Å². The highest BCUT2D eigenvalue weighted by Gasteiger charge is 2.86. The molecule has 0 N–H and O–H groups in total. The maximum atomic E-state index is 12.8. The quantitative estimate of drug-likeness (QED) is 0.607. The summed E-state index contributed by atoms with van der Waals surface area (Å²) >= 11 is 0. The fourth-order valence-electron chi connectivity index (χ4n) is 3.86. The van der Waals surface area contributed by atoms with Crippen molar-refractivity contribution in [2.24, 2.45) is 17.8 Å². The fourth-order valence-corrected chi connectivity index (χ4v) is 3.86. The van der Waals surface area contributed by atoms with Crippen LogP contribution in [0.2, 0.25) is 0 Å². The molecule has 3 fully saturated rings. The average molecular weight is 260 g/mol. The van der Waals surface area contributed by atoms with E-state index in [2.05, 4.69) is 4.74 Å². The van der Waals surface area contributed by atoms with Crippen LogP contribution in [0.3, 0.4) is 0 Å². The zero-order valence-electron chi connectivity index (χ0n) is 8.61. The molecule has 3 aliphatic rings. The van der Waals surface area contributed by atoms with E-state index in [0.717, 1.165) is 0 Å². The van der Waals surface area contributed by atoms with E-state index >= 15 is 0 Å². The molecule has 0 spiro atoms. The van der Waals surface area contributed by atoms with Crippen LogP contribution >= 0.6 is 0 Å². The summed E-state index contributed by atoms with van der Waals surface area (Å²) in [6, 6.07) is 0. The van der Waals surface area contributed by atoms with Crippen molar-refractivity contribution in [3.8, 4) is 0 Å². The normalized spacial score (nSPS) is 43.4. The molecule has 7 heteroatoms. The molecule has 0 radical (unpaired) electrons. The first-order valence-corrected chi connectivity index (χ1v) is 5.50. The van der Waals surface area contributed by atoms with Gasteiger partial charge in [0.05, 0.1) is 6.10 Å². The van der Waals surface area contributed by atoms with Crippen molar-refractivity contribution in [3.05, 3.63) is 0 Å². The van der Waals surface area contributed by atoms with Gasteiger partial charge in [-0.3, -0.25) is 0 Å². The molecule has 1 saturated heterocycles. The summed E-state index contributed by atoms with van der Waals surface area (Å²) in [7, 11) is 0. The van der Waals surface area contributed by atoms with Crippen molar-refractivity contribution in [1.82, 2.24) is 0 Å². The first-order chi connectivity index (χ1) is 7.68. The summed E-state index contributed by atoms with van der Waals surface area (Å²) in [5.74, 6) is -2.01. The second-order valence-corrected chi connectivity index (χ2v) is 5.17. The smallest absolute Gasteiger partial charge is 0.354 e. The second kappa shape index (κ2) is 2.92. The largest absolute Gasteiger partial charge is 0.426 e. The van der Waals surface area contributed by atoms with Crippen molar-refractivity contribution in [1.29, 1.82) is 0 Å². The molecule has 3 rings (SSSR count). The molecule has 0 aromatic rings. The standard InChI is InChI=1S/C10H10F6O/c11-9(12,13)8(10(14,15)16)6-4-1-2-5(3-4)7(6)17-8/h4-7H,1-3H2/t4-,5+,6?,7?/m0/s1. The third kappa shape index (κ3) is 1.16. The Balaban J connectivity index is 2.00. The highest BCUT2D eigenvalue weighted by Crippen LogP contribution is 2.69. The van der Waals surface area contributed by atoms with Crippen LogP contribution < -0.4 is 0 Å². The maximum absolute atomic E-state index is 12.8. The lowest BCUT2D eigenvalue weighted by Crippen LogP contribution is -2.75. The van der Waals surface area contributed by atoms with Crippen LogP contribution in [-0.2, 0) is 4.74 Å². The molecule has 2 unspecified atom stereocenters. The van der Waals surface area contributed by atoms with Gasteiger partial charge in [-0.15, -0.1) is 0 Å². The monoisotopic (exact) mass is 260 g/mol. The number of alkyl halides is 6. The summed E-state index contributed by atoms with van der Waals surface area (Å²) in [6.07, 6.45) is -9.99. The van der Waals surface area contributed by atoms with Crippen molar-refractivity contribution in [2.75, 3.05) is 0 Å². The highest BCUT2D eigenvalue weighted by molar-refractivity contribution is 5.19. The van der Waals surface area contributed by atoms with Crippen LogP contribution in [0.15, 0.2) is 0 Å². The molecular weight excluding hydrogens is 250 g/mol. The number of hydrogen-bond acceptors (Lipinski definition) is 1. The Morgan fingerprint density at radius 2 is 1.41 bits per heavy atom. The average Bonchev–Trinajstić information content (AvgIpc) is 2.53. The molecule has 2 aliphatic carbocycles. The van der Waals surface area contributed by atoms with E-state index in [9.17, 15) is 26.3 Å². The highest BCUT2D eigenvalue weighted by atomic mass is 19.4. The lowest BCUT2D eigenvalue weighted by molar-refractivity contribution is -0.470. The predicted octanol–water partition coefficient (Wildman–Crippen LogP) is 3.29. The number of fused-ring (bicyclic) bond motifs is 5. The van der Waals surface area contributed by atoms with E-state index in [-0.39, 0.29) is 5.92 Å². The van der Waals surface area contributed by atoms with Crippen LogP contribution in [-0.4, -0.2) is 24.1 Å². The number of halogens is 6. The molecule has 17 heavy (non-hydrogen) atoms. The number of ether oxygens (including phenoxy) is 1. The van der Waals surface area contributed by atoms with Gasteiger partial charge in [-0.2, -0.15) is 26.3 Å². The maximum Gasteiger partial charge on any atom is 0.426 e. The predicted molar refractivity (Wildman–Crippen MR) is 44.0 cm³/mol. The van der Waals surface area contributed by atoms with Gasteiger partial charge in [0.1, 0.15) is 0 Å². The molecule has 4 atom stereocenters. The molecule has 1 aliphatic heterocycles. The van der Waals surface area contributed by atoms with Crippen LogP contribution in [0.1, 0.15) is 19.3 Å². The molecule has 2 saturated carbocycles. The van der Waals surface area contributed by atoms with Crippen molar-refractivity contribution in [2.45, 2.75) is 43.3 Å². The molecular formula is C10H10F6O. The Kier molecular flexibility index (Phi) is 2.00. The molecule has 0 amide bonds. The van der Waals surface area contributed by atoms with Crippen molar-refractivity contribution in [3.63, 3.8) is 0 Å². The zero-order valence-corrected chi connectivity index (χ0v) is 8.61. The van der Waals surface area contributed by atoms with E-state index in [0.29, 0.717) is 19.3 Å². The SMILES string of the molecule is FC(F)(F)C1(C(F)(F)F)OC2C1[C@H]1CC[C@@H]2C1. The van der Waals surface area contributed by atoms with Crippen LogP contribution in [0.5, 0.6) is 0 Å². The minimum absolute atomic E-state index is 0.108. The molecule has 1 heterocycles. The van der Waals surface area contributed by atoms with E-state index < -0.39 is 35.9 Å². The number of hydrogen-bond donors (Lipinski definition) is 0. The first kappa shape index (κ1) is 11.6. The third-order valence-corrected chi connectivity index (χ3v) is 4.47. The molecule has 0 aromatic carbocycles. The summed E-state index contributed by atoms with van der Waals surface area (Å²) in [6.45, 7) is 0. The van der Waals surface area contributed by atoms with E-state index in [1.807, 2.05) is 0 Å². The lowest BCUT2D eigenvalue weighted by Gasteiger charge is -2.56. The molecule has 98 valence electrons. The van der Waals surface area contributed by atoms with Crippen molar-refractivity contribution >= 4 is 0 Å². The van der Waals surface area contributed by atoms with E-state index in [4.69, 9.17) is 0 Å². The Morgan fingerprint density at radius 3 is 1.88 bits per heavy atom. The second-order valence-electron chi connectivity index (χ2n) is 5.17. The zero-order chi connectivity index (χ0) is 12.6. The minimum Gasteiger partial charge on any atom is -0.354 e. The molecule has 2 bridgehead atoms. The number of rotatable bonds is 0. The van der Waals surface area contributed by atoms with Gasteiger partial charge in [-0.25, -0.2) is 0 Å². The van der Waals surface area contributed by atoms with Gasteiger partial charge in [0.2, 0.25) is 0 Å². The summed E-state index contributed by atoms with van der Waals surface area (Å²) < 4.78 is 81.0. The van der Waals surface area contributed by atoms with Crippen LogP contribution in [0.4, 0.5) is 26.3 Å². The van der Waals surface area contributed by atoms with Gasteiger partial charge >= 0.3 is 12.4 Å². The van der Waals surface area contributed by atoms with Gasteiger partial charge in [0.15, 0.2) is 0 Å². The van der Waals surface area contributed by atoms with E-state index in [1.165, 1.54) is 0 Å². The molecule has 0 aromatic heterocycles. The fraction of sp³-hybridized carbons (Fsp3) is 1.00. The third-order valence-electron chi connectivity index (χ3n) is 4.47. The van der Waals surface area contributed by atoms with Gasteiger partial charge in [0.25, 0.3) is 5.60 Å². The van der Waals surface area contributed by atoms with Crippen LogP contribution in [0, 0.1) is 17.8 Å². The summed E-state index contributed by atoms with van der Waals surface area (Å²) in [5.41, 5.74) is -3.90. The van der Waals surface area contributed by atoms with Gasteiger partial charge in [-0.1, -0.05) is 0 Å². The summed E-state index contributed by atoms with van der Waals surface area (Å²) in [4.78, 5) is 0. The Bertz CT molecular complexity index is 330. The van der Waals surface area contributed by atoms with Gasteiger partial charge in [0, 0.05) is 5.92 Å². The Morgan fingerprint density at radius 1 is 0.882 bits per heavy atom. The van der Waals surface area contributed by atoms with E-state index in [1.54, 1.807) is 0 Å². The summed E-state index contributed by atoms with van der Waals surface area (Å²) in [5, 5.41) is 0. The Hall–Kier alpha value is -0.460. The van der Waals surface area contributed by atoms with Crippen LogP contribution in [0.25, 0.3) is 0 Å². The first-order valence-electron chi connectivity index (χ1n) is 5.50. The Labute approximate surface area is 93.1 Å². The van der Waals surface area contributed by atoms with Gasteiger partial charge in [-0.05, 0) is 31.1 Å². The molecule has 1 nitrogen and oxygen atoms in total.